The van der Waals surface area contributed by atoms with Crippen LogP contribution in [-0.2, 0) is 0 Å². The van der Waals surface area contributed by atoms with Gasteiger partial charge in [-0.15, -0.1) is 0 Å². The minimum absolute atomic E-state index is 0.148. The third-order valence-electron chi connectivity index (χ3n) is 2.80. The predicted octanol–water partition coefficient (Wildman–Crippen LogP) is 2.07. The van der Waals surface area contributed by atoms with Crippen molar-refractivity contribution < 1.29 is 13.6 Å². The van der Waals surface area contributed by atoms with Gasteiger partial charge in [0.2, 0.25) is 0 Å². The monoisotopic (exact) mass is 256 g/mol. The number of nitrogens with two attached hydrogens (primary N) is 1. The molecule has 1 aromatic rings. The lowest BCUT2D eigenvalue weighted by atomic mass is 10.0. The lowest BCUT2D eigenvalue weighted by molar-refractivity contribution is 0.0919. The average molecular weight is 256 g/mol. The summed E-state index contributed by atoms with van der Waals surface area (Å²) >= 11 is 0. The highest BCUT2D eigenvalue weighted by Gasteiger charge is 2.20. The summed E-state index contributed by atoms with van der Waals surface area (Å²) in [5.74, 6) is -2.58. The highest BCUT2D eigenvalue weighted by atomic mass is 19.2. The molecule has 1 amide bonds. The molecule has 5 heteroatoms. The van der Waals surface area contributed by atoms with Crippen LogP contribution in [0.2, 0.25) is 0 Å². The number of carbonyl (C=O) groups excluding carboxylic acids is 1. The number of amides is 1. The Balaban J connectivity index is 2.84. The Labute approximate surface area is 105 Å². The van der Waals surface area contributed by atoms with E-state index in [-0.39, 0.29) is 17.5 Å². The standard InChI is InChI=1S/C13H18F2N2O/c1-8(2)11(6-7-16)17-13(18)9-4-3-5-10(14)12(9)15/h3-5,8,11H,6-7,16H2,1-2H3,(H,17,18). The SMILES string of the molecule is CC(C)C(CCN)NC(=O)c1cccc(F)c1F. The van der Waals surface area contributed by atoms with Gasteiger partial charge in [-0.2, -0.15) is 0 Å². The number of nitrogens with one attached hydrogen (secondary N) is 1. The fourth-order valence-electron chi connectivity index (χ4n) is 1.68. The molecule has 1 rings (SSSR count). The van der Waals surface area contributed by atoms with Gasteiger partial charge >= 0.3 is 0 Å². The number of rotatable bonds is 5. The van der Waals surface area contributed by atoms with E-state index in [1.807, 2.05) is 13.8 Å². The van der Waals surface area contributed by atoms with Crippen molar-refractivity contribution in [1.82, 2.24) is 5.32 Å². The second-order valence-electron chi connectivity index (χ2n) is 4.50. The van der Waals surface area contributed by atoms with Gasteiger partial charge in [-0.05, 0) is 31.0 Å². The topological polar surface area (TPSA) is 55.1 Å². The summed E-state index contributed by atoms with van der Waals surface area (Å²) in [6, 6.07) is 3.39. The predicted molar refractivity (Wildman–Crippen MR) is 66.1 cm³/mol. The van der Waals surface area contributed by atoms with Gasteiger partial charge in [0, 0.05) is 6.04 Å². The van der Waals surface area contributed by atoms with Crippen LogP contribution in [-0.4, -0.2) is 18.5 Å². The Morgan fingerprint density at radius 3 is 2.61 bits per heavy atom. The maximum atomic E-state index is 13.4. The summed E-state index contributed by atoms with van der Waals surface area (Å²) in [6.07, 6.45) is 0.598. The summed E-state index contributed by atoms with van der Waals surface area (Å²) in [6.45, 7) is 4.29. The van der Waals surface area contributed by atoms with Gasteiger partial charge in [0.05, 0.1) is 5.56 Å². The number of carbonyl (C=O) groups is 1. The molecule has 0 fully saturated rings. The Kier molecular flexibility index (Phi) is 5.22. The van der Waals surface area contributed by atoms with E-state index in [2.05, 4.69) is 5.32 Å². The lowest BCUT2D eigenvalue weighted by Gasteiger charge is -2.21. The average Bonchev–Trinajstić information content (AvgIpc) is 2.31. The minimum atomic E-state index is -1.12. The van der Waals surface area contributed by atoms with E-state index in [4.69, 9.17) is 5.73 Å². The van der Waals surface area contributed by atoms with E-state index in [0.717, 1.165) is 6.07 Å². The van der Waals surface area contributed by atoms with Gasteiger partial charge in [0.1, 0.15) is 0 Å². The normalized spacial score (nSPS) is 12.6. The molecule has 1 aromatic carbocycles. The number of benzene rings is 1. The molecule has 0 spiro atoms. The second-order valence-corrected chi connectivity index (χ2v) is 4.50. The van der Waals surface area contributed by atoms with E-state index in [1.165, 1.54) is 12.1 Å². The van der Waals surface area contributed by atoms with Crippen LogP contribution in [0.25, 0.3) is 0 Å². The first-order chi connectivity index (χ1) is 8.47. The zero-order chi connectivity index (χ0) is 13.7. The molecule has 3 N–H and O–H groups in total. The van der Waals surface area contributed by atoms with Gasteiger partial charge in [-0.1, -0.05) is 19.9 Å². The van der Waals surface area contributed by atoms with Gasteiger partial charge in [0.25, 0.3) is 5.91 Å². The fraction of sp³-hybridized carbons (Fsp3) is 0.462. The fourth-order valence-corrected chi connectivity index (χ4v) is 1.68. The molecule has 18 heavy (non-hydrogen) atoms. The first kappa shape index (κ1) is 14.6. The smallest absolute Gasteiger partial charge is 0.254 e. The third kappa shape index (κ3) is 3.50. The highest BCUT2D eigenvalue weighted by molar-refractivity contribution is 5.94. The van der Waals surface area contributed by atoms with Crippen LogP contribution < -0.4 is 11.1 Å². The third-order valence-corrected chi connectivity index (χ3v) is 2.80. The maximum Gasteiger partial charge on any atom is 0.254 e. The van der Waals surface area contributed by atoms with Crippen molar-refractivity contribution in [2.75, 3.05) is 6.54 Å². The Bertz CT molecular complexity index is 421. The largest absolute Gasteiger partial charge is 0.349 e. The molecule has 0 aromatic heterocycles. The molecule has 3 nitrogen and oxygen atoms in total. The van der Waals surface area contributed by atoms with Crippen molar-refractivity contribution in [3.05, 3.63) is 35.4 Å². The molecule has 100 valence electrons. The van der Waals surface area contributed by atoms with E-state index >= 15 is 0 Å². The van der Waals surface area contributed by atoms with Crippen LogP contribution in [0, 0.1) is 17.6 Å². The highest BCUT2D eigenvalue weighted by Crippen LogP contribution is 2.13. The number of halogens is 2. The van der Waals surface area contributed by atoms with Crippen molar-refractivity contribution >= 4 is 5.91 Å². The molecule has 0 aliphatic rings. The van der Waals surface area contributed by atoms with E-state index in [1.54, 1.807) is 0 Å². The molecule has 0 bridgehead atoms. The molecule has 0 aliphatic carbocycles. The summed E-state index contributed by atoms with van der Waals surface area (Å²) < 4.78 is 26.4. The summed E-state index contributed by atoms with van der Waals surface area (Å²) in [7, 11) is 0. The Hall–Kier alpha value is -1.49. The lowest BCUT2D eigenvalue weighted by Crippen LogP contribution is -2.40. The zero-order valence-electron chi connectivity index (χ0n) is 10.5. The van der Waals surface area contributed by atoms with Crippen molar-refractivity contribution in [3.8, 4) is 0 Å². The molecule has 0 saturated carbocycles. The summed E-state index contributed by atoms with van der Waals surface area (Å²) in [5, 5.41) is 2.68. The van der Waals surface area contributed by atoms with Crippen molar-refractivity contribution in [2.24, 2.45) is 11.7 Å². The van der Waals surface area contributed by atoms with Crippen LogP contribution in [0.15, 0.2) is 18.2 Å². The van der Waals surface area contributed by atoms with Gasteiger partial charge in [0.15, 0.2) is 11.6 Å². The minimum Gasteiger partial charge on any atom is -0.349 e. The molecule has 0 radical (unpaired) electrons. The molecule has 0 aliphatic heterocycles. The van der Waals surface area contributed by atoms with Crippen LogP contribution >= 0.6 is 0 Å². The summed E-state index contributed by atoms with van der Waals surface area (Å²) in [4.78, 5) is 11.8. The number of hydrogen-bond donors (Lipinski definition) is 2. The Morgan fingerprint density at radius 1 is 1.39 bits per heavy atom. The van der Waals surface area contributed by atoms with Gasteiger partial charge in [-0.25, -0.2) is 8.78 Å². The molecular formula is C13H18F2N2O. The maximum absolute atomic E-state index is 13.4. The van der Waals surface area contributed by atoms with E-state index in [0.29, 0.717) is 13.0 Å². The number of hydrogen-bond acceptors (Lipinski definition) is 2. The first-order valence-electron chi connectivity index (χ1n) is 5.92. The zero-order valence-corrected chi connectivity index (χ0v) is 10.5. The van der Waals surface area contributed by atoms with Crippen molar-refractivity contribution in [3.63, 3.8) is 0 Å². The molecular weight excluding hydrogens is 238 g/mol. The van der Waals surface area contributed by atoms with Crippen LogP contribution in [0.3, 0.4) is 0 Å². The molecule has 1 unspecified atom stereocenters. The molecule has 0 saturated heterocycles. The van der Waals surface area contributed by atoms with Gasteiger partial charge in [-0.3, -0.25) is 4.79 Å². The van der Waals surface area contributed by atoms with Crippen LogP contribution in [0.5, 0.6) is 0 Å². The van der Waals surface area contributed by atoms with Gasteiger partial charge < -0.3 is 11.1 Å². The first-order valence-corrected chi connectivity index (χ1v) is 5.92. The van der Waals surface area contributed by atoms with Crippen molar-refractivity contribution in [1.29, 1.82) is 0 Å². The van der Waals surface area contributed by atoms with Crippen molar-refractivity contribution in [2.45, 2.75) is 26.3 Å². The Morgan fingerprint density at radius 2 is 2.06 bits per heavy atom. The quantitative estimate of drug-likeness (QED) is 0.847. The molecule has 1 atom stereocenters. The van der Waals surface area contributed by atoms with E-state index in [9.17, 15) is 13.6 Å². The second kappa shape index (κ2) is 6.44. The molecule has 0 heterocycles. The van der Waals surface area contributed by atoms with Crippen LogP contribution in [0.1, 0.15) is 30.6 Å². The van der Waals surface area contributed by atoms with Crippen LogP contribution in [0.4, 0.5) is 8.78 Å². The van der Waals surface area contributed by atoms with E-state index < -0.39 is 17.5 Å². The summed E-state index contributed by atoms with van der Waals surface area (Å²) in [5.41, 5.74) is 5.17.